The van der Waals surface area contributed by atoms with E-state index in [1.54, 1.807) is 11.8 Å². The molecule has 112 valence electrons. The third kappa shape index (κ3) is 3.46. The molecular formula is C15H19N3O3. The Morgan fingerprint density at radius 3 is 2.76 bits per heavy atom. The van der Waals surface area contributed by atoms with E-state index in [1.807, 2.05) is 31.2 Å². The average molecular weight is 289 g/mol. The van der Waals surface area contributed by atoms with Gasteiger partial charge in [-0.15, -0.1) is 5.10 Å². The van der Waals surface area contributed by atoms with Crippen LogP contribution in [0, 0.1) is 0 Å². The summed E-state index contributed by atoms with van der Waals surface area (Å²) in [5, 5.41) is 13.2. The lowest BCUT2D eigenvalue weighted by Crippen LogP contribution is -2.08. The van der Waals surface area contributed by atoms with E-state index < -0.39 is 5.97 Å². The van der Waals surface area contributed by atoms with Crippen LogP contribution in [-0.2, 0) is 17.6 Å². The van der Waals surface area contributed by atoms with E-state index in [0.29, 0.717) is 18.9 Å². The first-order valence-electron chi connectivity index (χ1n) is 6.93. The molecule has 0 spiro atoms. The van der Waals surface area contributed by atoms with Gasteiger partial charge in [-0.2, -0.15) is 0 Å². The molecule has 6 heteroatoms. The smallest absolute Gasteiger partial charge is 0.375 e. The number of aromatic carboxylic acids is 1. The Balaban J connectivity index is 2.47. The van der Waals surface area contributed by atoms with Crippen LogP contribution in [0.15, 0.2) is 24.3 Å². The van der Waals surface area contributed by atoms with Crippen molar-refractivity contribution in [3.63, 3.8) is 0 Å². The number of methoxy groups -OCH3 is 1. The summed E-state index contributed by atoms with van der Waals surface area (Å²) in [6.45, 7) is 2.62. The van der Waals surface area contributed by atoms with Crippen molar-refractivity contribution in [2.75, 3.05) is 13.7 Å². The fourth-order valence-corrected chi connectivity index (χ4v) is 2.15. The molecule has 0 fully saturated rings. The Labute approximate surface area is 123 Å². The van der Waals surface area contributed by atoms with E-state index in [-0.39, 0.29) is 5.82 Å². The molecule has 0 aliphatic heterocycles. The van der Waals surface area contributed by atoms with Gasteiger partial charge in [0.25, 0.3) is 5.82 Å². The lowest BCUT2D eigenvalue weighted by atomic mass is 10.1. The molecule has 1 aromatic carbocycles. The van der Waals surface area contributed by atoms with Crippen molar-refractivity contribution in [2.45, 2.75) is 26.2 Å². The molecule has 0 amide bonds. The first-order valence-corrected chi connectivity index (χ1v) is 6.93. The summed E-state index contributed by atoms with van der Waals surface area (Å²) >= 11 is 0. The molecule has 0 aliphatic rings. The number of carboxylic acid groups (broad SMARTS) is 1. The molecule has 0 atom stereocenters. The van der Waals surface area contributed by atoms with Crippen molar-refractivity contribution in [1.82, 2.24) is 14.8 Å². The molecule has 0 radical (unpaired) electrons. The van der Waals surface area contributed by atoms with Crippen LogP contribution in [0.1, 0.15) is 35.4 Å². The van der Waals surface area contributed by atoms with Crippen molar-refractivity contribution < 1.29 is 14.6 Å². The van der Waals surface area contributed by atoms with Gasteiger partial charge in [-0.3, -0.25) is 0 Å². The maximum Gasteiger partial charge on any atom is 0.375 e. The Morgan fingerprint density at radius 1 is 1.33 bits per heavy atom. The Morgan fingerprint density at radius 2 is 2.10 bits per heavy atom. The fourth-order valence-electron chi connectivity index (χ4n) is 2.15. The summed E-state index contributed by atoms with van der Waals surface area (Å²) in [6, 6.07) is 7.77. The molecule has 0 saturated carbocycles. The van der Waals surface area contributed by atoms with Gasteiger partial charge < -0.3 is 9.84 Å². The quantitative estimate of drug-likeness (QED) is 0.844. The van der Waals surface area contributed by atoms with E-state index in [1.165, 1.54) is 0 Å². The Hall–Kier alpha value is -2.21. The average Bonchev–Trinajstić information content (AvgIpc) is 2.90. The number of nitrogens with zero attached hydrogens (tertiary/aromatic N) is 3. The highest BCUT2D eigenvalue weighted by Gasteiger charge is 2.17. The molecule has 2 rings (SSSR count). The topological polar surface area (TPSA) is 77.2 Å². The SMILES string of the molecule is CCCc1nc(C(=O)O)nn1-c1ccccc1CCOC. The predicted octanol–water partition coefficient (Wildman–Crippen LogP) is 2.11. The van der Waals surface area contributed by atoms with Crippen LogP contribution in [-0.4, -0.2) is 39.6 Å². The van der Waals surface area contributed by atoms with Gasteiger partial charge in [-0.05, 0) is 24.5 Å². The second-order valence-corrected chi connectivity index (χ2v) is 4.69. The van der Waals surface area contributed by atoms with Gasteiger partial charge in [0.15, 0.2) is 0 Å². The predicted molar refractivity (Wildman–Crippen MR) is 77.9 cm³/mol. The first kappa shape index (κ1) is 15.2. The normalized spacial score (nSPS) is 10.8. The van der Waals surface area contributed by atoms with E-state index in [4.69, 9.17) is 9.84 Å². The lowest BCUT2D eigenvalue weighted by molar-refractivity contribution is 0.0683. The highest BCUT2D eigenvalue weighted by molar-refractivity contribution is 5.83. The highest BCUT2D eigenvalue weighted by Crippen LogP contribution is 2.17. The molecule has 6 nitrogen and oxygen atoms in total. The van der Waals surface area contributed by atoms with Crippen molar-refractivity contribution >= 4 is 5.97 Å². The minimum absolute atomic E-state index is 0.167. The number of carbonyl (C=O) groups is 1. The number of ether oxygens (including phenoxy) is 1. The second kappa shape index (κ2) is 6.99. The number of aryl methyl sites for hydroxylation is 1. The van der Waals surface area contributed by atoms with Crippen LogP contribution in [0.3, 0.4) is 0 Å². The molecule has 0 aliphatic carbocycles. The number of carboxylic acids is 1. The van der Waals surface area contributed by atoms with E-state index in [2.05, 4.69) is 10.1 Å². The van der Waals surface area contributed by atoms with Crippen LogP contribution < -0.4 is 0 Å². The van der Waals surface area contributed by atoms with Gasteiger partial charge in [-0.25, -0.2) is 14.5 Å². The molecule has 1 aromatic heterocycles. The van der Waals surface area contributed by atoms with Crippen molar-refractivity contribution in [3.05, 3.63) is 41.5 Å². The van der Waals surface area contributed by atoms with E-state index >= 15 is 0 Å². The molecule has 2 aromatic rings. The minimum atomic E-state index is -1.11. The van der Waals surface area contributed by atoms with Crippen LogP contribution >= 0.6 is 0 Å². The van der Waals surface area contributed by atoms with Crippen LogP contribution in [0.4, 0.5) is 0 Å². The highest BCUT2D eigenvalue weighted by atomic mass is 16.5. The van der Waals surface area contributed by atoms with Crippen molar-refractivity contribution in [3.8, 4) is 5.69 Å². The second-order valence-electron chi connectivity index (χ2n) is 4.69. The van der Waals surface area contributed by atoms with Gasteiger partial charge >= 0.3 is 5.97 Å². The summed E-state index contributed by atoms with van der Waals surface area (Å²) in [5.74, 6) is -0.611. The number of benzene rings is 1. The van der Waals surface area contributed by atoms with Crippen LogP contribution in [0.25, 0.3) is 5.69 Å². The molecule has 0 saturated heterocycles. The summed E-state index contributed by atoms with van der Waals surface area (Å²) in [5.41, 5.74) is 1.91. The van der Waals surface area contributed by atoms with Gasteiger partial charge in [0, 0.05) is 13.5 Å². The number of hydrogen-bond acceptors (Lipinski definition) is 4. The van der Waals surface area contributed by atoms with Crippen LogP contribution in [0.5, 0.6) is 0 Å². The van der Waals surface area contributed by atoms with Gasteiger partial charge in [0.05, 0.1) is 12.3 Å². The molecule has 1 heterocycles. The zero-order valence-corrected chi connectivity index (χ0v) is 12.2. The van der Waals surface area contributed by atoms with Gasteiger partial charge in [0.2, 0.25) is 0 Å². The summed E-state index contributed by atoms with van der Waals surface area (Å²) in [4.78, 5) is 15.2. The molecular weight excluding hydrogens is 270 g/mol. The van der Waals surface area contributed by atoms with Crippen LogP contribution in [0.2, 0.25) is 0 Å². The summed E-state index contributed by atoms with van der Waals surface area (Å²) in [7, 11) is 1.66. The fraction of sp³-hybridized carbons (Fsp3) is 0.400. The number of hydrogen-bond donors (Lipinski definition) is 1. The minimum Gasteiger partial charge on any atom is -0.475 e. The molecule has 21 heavy (non-hydrogen) atoms. The monoisotopic (exact) mass is 289 g/mol. The van der Waals surface area contributed by atoms with E-state index in [9.17, 15) is 4.79 Å². The third-order valence-electron chi connectivity index (χ3n) is 3.13. The molecule has 0 unspecified atom stereocenters. The summed E-state index contributed by atoms with van der Waals surface area (Å²) in [6.07, 6.45) is 2.29. The van der Waals surface area contributed by atoms with E-state index in [0.717, 1.165) is 24.1 Å². The zero-order chi connectivity index (χ0) is 15.2. The van der Waals surface area contributed by atoms with Gasteiger partial charge in [0.1, 0.15) is 5.82 Å². The first-order chi connectivity index (χ1) is 10.2. The van der Waals surface area contributed by atoms with Crippen molar-refractivity contribution in [1.29, 1.82) is 0 Å². The molecule has 1 N–H and O–H groups in total. The Bertz CT molecular complexity index is 622. The largest absolute Gasteiger partial charge is 0.475 e. The maximum absolute atomic E-state index is 11.1. The van der Waals surface area contributed by atoms with Gasteiger partial charge in [-0.1, -0.05) is 25.1 Å². The van der Waals surface area contributed by atoms with Crippen molar-refractivity contribution in [2.24, 2.45) is 0 Å². The lowest BCUT2D eigenvalue weighted by Gasteiger charge is -2.11. The number of rotatable bonds is 7. The Kier molecular flexibility index (Phi) is 5.05. The zero-order valence-electron chi connectivity index (χ0n) is 12.2. The standard InChI is InChI=1S/C15H19N3O3/c1-3-6-13-16-14(15(19)20)17-18(13)12-8-5-4-7-11(12)9-10-21-2/h4-5,7-8H,3,6,9-10H2,1-2H3,(H,19,20). The number of para-hydroxylation sites is 1. The molecule has 0 bridgehead atoms. The maximum atomic E-state index is 11.1. The third-order valence-corrected chi connectivity index (χ3v) is 3.13. The number of aromatic nitrogens is 3. The summed E-state index contributed by atoms with van der Waals surface area (Å²) < 4.78 is 6.76.